The van der Waals surface area contributed by atoms with Crippen LogP contribution in [0.2, 0.25) is 0 Å². The molecule has 102 valence electrons. The van der Waals surface area contributed by atoms with Crippen molar-refractivity contribution in [2.45, 2.75) is 31.3 Å². The summed E-state index contributed by atoms with van der Waals surface area (Å²) in [5.41, 5.74) is 0. The summed E-state index contributed by atoms with van der Waals surface area (Å²) in [6.07, 6.45) is 2.32. The summed E-state index contributed by atoms with van der Waals surface area (Å²) >= 11 is 0. The highest BCUT2D eigenvalue weighted by atomic mass is 16.4. The molecule has 2 atom stereocenters. The first kappa shape index (κ1) is 13.1. The van der Waals surface area contributed by atoms with Gasteiger partial charge in [-0.15, -0.1) is 0 Å². The number of hydrogen-bond donors (Lipinski definition) is 1. The van der Waals surface area contributed by atoms with Crippen molar-refractivity contribution in [2.75, 3.05) is 33.7 Å². The van der Waals surface area contributed by atoms with E-state index in [-0.39, 0.29) is 6.03 Å². The van der Waals surface area contributed by atoms with Crippen molar-refractivity contribution in [3.05, 3.63) is 0 Å². The van der Waals surface area contributed by atoms with Gasteiger partial charge in [0.2, 0.25) is 0 Å². The summed E-state index contributed by atoms with van der Waals surface area (Å²) in [6.45, 7) is 2.00. The highest BCUT2D eigenvalue weighted by molar-refractivity contribution is 5.83. The van der Waals surface area contributed by atoms with Crippen LogP contribution < -0.4 is 0 Å². The number of carboxylic acids is 1. The summed E-state index contributed by atoms with van der Waals surface area (Å²) in [5, 5.41) is 9.09. The fourth-order valence-corrected chi connectivity index (χ4v) is 2.77. The smallest absolute Gasteiger partial charge is 0.326 e. The third-order valence-corrected chi connectivity index (χ3v) is 3.95. The minimum atomic E-state index is -0.885. The summed E-state index contributed by atoms with van der Waals surface area (Å²) in [4.78, 5) is 28.8. The van der Waals surface area contributed by atoms with E-state index in [0.29, 0.717) is 25.6 Å². The number of amides is 2. The van der Waals surface area contributed by atoms with E-state index in [4.69, 9.17) is 5.11 Å². The quantitative estimate of drug-likeness (QED) is 0.770. The fourth-order valence-electron chi connectivity index (χ4n) is 2.77. The molecule has 0 radical (unpaired) electrons. The van der Waals surface area contributed by atoms with Crippen molar-refractivity contribution in [3.8, 4) is 0 Å². The Hall–Kier alpha value is -1.30. The van der Waals surface area contributed by atoms with E-state index in [1.807, 2.05) is 14.1 Å². The minimum Gasteiger partial charge on any atom is -0.480 e. The molecule has 0 aliphatic carbocycles. The standard InChI is InChI=1S/C12H21N3O3/c1-13(2)9-5-7-14(8-9)12(18)15-6-3-4-10(15)11(16)17/h9-10H,3-8H2,1-2H3,(H,16,17)/t9?,10-/m0/s1. The number of hydrogen-bond acceptors (Lipinski definition) is 3. The Balaban J connectivity index is 1.98. The van der Waals surface area contributed by atoms with Crippen molar-refractivity contribution in [2.24, 2.45) is 0 Å². The molecule has 2 saturated heterocycles. The number of rotatable bonds is 2. The molecule has 18 heavy (non-hydrogen) atoms. The molecule has 6 heteroatoms. The summed E-state index contributed by atoms with van der Waals surface area (Å²) in [5.74, 6) is -0.885. The number of likely N-dealkylation sites (N-methyl/N-ethyl adjacent to an activating group) is 1. The van der Waals surface area contributed by atoms with E-state index in [9.17, 15) is 9.59 Å². The van der Waals surface area contributed by atoms with Crippen LogP contribution >= 0.6 is 0 Å². The Morgan fingerprint density at radius 2 is 1.94 bits per heavy atom. The zero-order valence-corrected chi connectivity index (χ0v) is 11.0. The molecule has 2 aliphatic rings. The lowest BCUT2D eigenvalue weighted by molar-refractivity contribution is -0.141. The van der Waals surface area contributed by atoms with Gasteiger partial charge in [-0.25, -0.2) is 9.59 Å². The van der Waals surface area contributed by atoms with Gasteiger partial charge >= 0.3 is 12.0 Å². The number of nitrogens with zero attached hydrogens (tertiary/aromatic N) is 3. The molecule has 0 aromatic heterocycles. The zero-order valence-electron chi connectivity index (χ0n) is 11.0. The van der Waals surface area contributed by atoms with Crippen LogP contribution in [0.5, 0.6) is 0 Å². The molecule has 2 fully saturated rings. The molecule has 2 amide bonds. The van der Waals surface area contributed by atoms with Gasteiger partial charge in [0.25, 0.3) is 0 Å². The van der Waals surface area contributed by atoms with E-state index in [1.54, 1.807) is 4.90 Å². The van der Waals surface area contributed by atoms with Crippen LogP contribution in [0.15, 0.2) is 0 Å². The Morgan fingerprint density at radius 3 is 2.50 bits per heavy atom. The van der Waals surface area contributed by atoms with E-state index >= 15 is 0 Å². The van der Waals surface area contributed by atoms with Crippen LogP contribution in [0.25, 0.3) is 0 Å². The second kappa shape index (κ2) is 5.14. The summed E-state index contributed by atoms with van der Waals surface area (Å²) in [6, 6.07) is -0.347. The molecule has 1 N–H and O–H groups in total. The molecule has 0 aromatic rings. The Morgan fingerprint density at radius 1 is 1.22 bits per heavy atom. The Bertz CT molecular complexity index is 345. The normalized spacial score (nSPS) is 28.2. The largest absolute Gasteiger partial charge is 0.480 e. The van der Waals surface area contributed by atoms with Gasteiger partial charge in [-0.2, -0.15) is 0 Å². The molecule has 6 nitrogen and oxygen atoms in total. The number of carboxylic acid groups (broad SMARTS) is 1. The molecular formula is C12H21N3O3. The van der Waals surface area contributed by atoms with Crippen LogP contribution in [-0.2, 0) is 4.79 Å². The van der Waals surface area contributed by atoms with Gasteiger partial charge in [-0.3, -0.25) is 0 Å². The highest BCUT2D eigenvalue weighted by Crippen LogP contribution is 2.22. The van der Waals surface area contributed by atoms with Crippen LogP contribution in [-0.4, -0.2) is 77.6 Å². The van der Waals surface area contributed by atoms with Crippen molar-refractivity contribution in [1.82, 2.24) is 14.7 Å². The van der Waals surface area contributed by atoms with Crippen LogP contribution in [0, 0.1) is 0 Å². The average molecular weight is 255 g/mol. The molecule has 2 aliphatic heterocycles. The van der Waals surface area contributed by atoms with E-state index in [1.165, 1.54) is 4.90 Å². The highest BCUT2D eigenvalue weighted by Gasteiger charge is 2.38. The maximum Gasteiger partial charge on any atom is 0.326 e. The summed E-state index contributed by atoms with van der Waals surface area (Å²) in [7, 11) is 4.02. The molecule has 0 bridgehead atoms. The first-order valence-corrected chi connectivity index (χ1v) is 6.45. The van der Waals surface area contributed by atoms with E-state index in [2.05, 4.69) is 4.90 Å². The third kappa shape index (κ3) is 2.43. The van der Waals surface area contributed by atoms with Gasteiger partial charge in [-0.1, -0.05) is 0 Å². The predicted octanol–water partition coefficient (Wildman–Crippen LogP) is 0.291. The average Bonchev–Trinajstić information content (AvgIpc) is 2.97. The number of carbonyl (C=O) groups excluding carboxylic acids is 1. The summed E-state index contributed by atoms with van der Waals surface area (Å²) < 4.78 is 0. The topological polar surface area (TPSA) is 64.1 Å². The monoisotopic (exact) mass is 255 g/mol. The van der Waals surface area contributed by atoms with Gasteiger partial charge in [0.15, 0.2) is 0 Å². The second-order valence-corrected chi connectivity index (χ2v) is 5.32. The van der Waals surface area contributed by atoms with E-state index in [0.717, 1.165) is 19.4 Å². The van der Waals surface area contributed by atoms with E-state index < -0.39 is 12.0 Å². The zero-order chi connectivity index (χ0) is 13.3. The van der Waals surface area contributed by atoms with Crippen molar-refractivity contribution in [3.63, 3.8) is 0 Å². The van der Waals surface area contributed by atoms with Gasteiger partial charge in [0, 0.05) is 25.7 Å². The first-order chi connectivity index (χ1) is 8.50. The lowest BCUT2D eigenvalue weighted by Gasteiger charge is -2.28. The molecule has 1 unspecified atom stereocenters. The van der Waals surface area contributed by atoms with Gasteiger partial charge in [-0.05, 0) is 33.4 Å². The van der Waals surface area contributed by atoms with Gasteiger partial charge in [0.1, 0.15) is 6.04 Å². The van der Waals surface area contributed by atoms with Crippen LogP contribution in [0.3, 0.4) is 0 Å². The van der Waals surface area contributed by atoms with Crippen LogP contribution in [0.1, 0.15) is 19.3 Å². The molecule has 0 spiro atoms. The number of likely N-dealkylation sites (tertiary alicyclic amines) is 2. The third-order valence-electron chi connectivity index (χ3n) is 3.95. The molecule has 2 rings (SSSR count). The molecular weight excluding hydrogens is 234 g/mol. The van der Waals surface area contributed by atoms with Crippen LogP contribution in [0.4, 0.5) is 4.79 Å². The Labute approximate surface area is 107 Å². The van der Waals surface area contributed by atoms with Gasteiger partial charge in [0.05, 0.1) is 0 Å². The number of aliphatic carboxylic acids is 1. The lowest BCUT2D eigenvalue weighted by atomic mass is 10.2. The Kier molecular flexibility index (Phi) is 3.75. The SMILES string of the molecule is CN(C)C1CCN(C(=O)N2CCC[C@H]2C(=O)O)C1. The second-order valence-electron chi connectivity index (χ2n) is 5.32. The molecule has 2 heterocycles. The number of urea groups is 1. The lowest BCUT2D eigenvalue weighted by Crippen LogP contribution is -2.48. The number of carbonyl (C=O) groups is 2. The molecule has 0 aromatic carbocycles. The maximum atomic E-state index is 12.3. The van der Waals surface area contributed by atoms with Crippen molar-refractivity contribution in [1.29, 1.82) is 0 Å². The van der Waals surface area contributed by atoms with Crippen molar-refractivity contribution >= 4 is 12.0 Å². The van der Waals surface area contributed by atoms with Crippen molar-refractivity contribution < 1.29 is 14.7 Å². The predicted molar refractivity (Wildman–Crippen MR) is 66.4 cm³/mol. The fraction of sp³-hybridized carbons (Fsp3) is 0.833. The maximum absolute atomic E-state index is 12.3. The molecule has 0 saturated carbocycles. The van der Waals surface area contributed by atoms with Gasteiger partial charge < -0.3 is 19.8 Å². The first-order valence-electron chi connectivity index (χ1n) is 6.45. The minimum absolute atomic E-state index is 0.107.